The molecule has 0 aliphatic heterocycles. The molecule has 0 spiro atoms. The van der Waals surface area contributed by atoms with E-state index in [1.807, 2.05) is 12.3 Å². The van der Waals surface area contributed by atoms with Gasteiger partial charge in [-0.15, -0.1) is 0 Å². The molecule has 0 saturated carbocycles. The van der Waals surface area contributed by atoms with Crippen LogP contribution in [0.15, 0.2) is 36.7 Å². The molecule has 0 radical (unpaired) electrons. The average molecular weight is 218 g/mol. The van der Waals surface area contributed by atoms with Gasteiger partial charge in [0.05, 0.1) is 0 Å². The SMILES string of the molecule is CC(N[C@@H]1C=C[C@H](CO)C1)c1cccnc1. The summed E-state index contributed by atoms with van der Waals surface area (Å²) in [4.78, 5) is 4.11. The number of hydrogen-bond acceptors (Lipinski definition) is 3. The van der Waals surface area contributed by atoms with Gasteiger partial charge in [0.2, 0.25) is 0 Å². The number of rotatable bonds is 4. The number of nitrogens with zero attached hydrogens (tertiary/aromatic N) is 1. The second kappa shape index (κ2) is 5.23. The quantitative estimate of drug-likeness (QED) is 0.756. The first-order valence-electron chi connectivity index (χ1n) is 5.74. The van der Waals surface area contributed by atoms with Gasteiger partial charge in [-0.05, 0) is 25.0 Å². The van der Waals surface area contributed by atoms with Gasteiger partial charge in [-0.2, -0.15) is 0 Å². The predicted molar refractivity (Wildman–Crippen MR) is 63.9 cm³/mol. The molecule has 0 saturated heterocycles. The van der Waals surface area contributed by atoms with E-state index in [4.69, 9.17) is 5.11 Å². The highest BCUT2D eigenvalue weighted by Crippen LogP contribution is 2.20. The molecule has 86 valence electrons. The summed E-state index contributed by atoms with van der Waals surface area (Å²) in [5.41, 5.74) is 1.20. The van der Waals surface area contributed by atoms with Gasteiger partial charge in [-0.25, -0.2) is 0 Å². The van der Waals surface area contributed by atoms with E-state index in [1.54, 1.807) is 6.20 Å². The highest BCUT2D eigenvalue weighted by Gasteiger charge is 2.19. The summed E-state index contributed by atoms with van der Waals surface area (Å²) in [6.45, 7) is 2.38. The Kier molecular flexibility index (Phi) is 3.70. The van der Waals surface area contributed by atoms with Crippen LogP contribution in [0.5, 0.6) is 0 Å². The lowest BCUT2D eigenvalue weighted by Crippen LogP contribution is -2.29. The van der Waals surface area contributed by atoms with Crippen LogP contribution in [0.1, 0.15) is 24.9 Å². The van der Waals surface area contributed by atoms with Crippen LogP contribution in [0.4, 0.5) is 0 Å². The lowest BCUT2D eigenvalue weighted by atomic mass is 10.1. The number of aliphatic hydroxyl groups excluding tert-OH is 1. The maximum atomic E-state index is 9.05. The minimum absolute atomic E-state index is 0.246. The largest absolute Gasteiger partial charge is 0.396 e. The Hall–Kier alpha value is -1.19. The van der Waals surface area contributed by atoms with E-state index in [2.05, 4.69) is 35.4 Å². The average Bonchev–Trinajstić information content (AvgIpc) is 2.78. The van der Waals surface area contributed by atoms with Crippen LogP contribution in [0.3, 0.4) is 0 Å². The molecule has 0 amide bonds. The lowest BCUT2D eigenvalue weighted by molar-refractivity contribution is 0.245. The number of hydrogen-bond donors (Lipinski definition) is 2. The van der Waals surface area contributed by atoms with E-state index in [-0.39, 0.29) is 6.61 Å². The van der Waals surface area contributed by atoms with Gasteiger partial charge in [-0.1, -0.05) is 18.2 Å². The van der Waals surface area contributed by atoms with E-state index < -0.39 is 0 Å². The summed E-state index contributed by atoms with van der Waals surface area (Å²) < 4.78 is 0. The molecule has 1 unspecified atom stereocenters. The van der Waals surface area contributed by atoms with E-state index in [0.29, 0.717) is 18.0 Å². The second-order valence-corrected chi connectivity index (χ2v) is 4.34. The monoisotopic (exact) mass is 218 g/mol. The molecule has 1 aliphatic rings. The molecule has 0 bridgehead atoms. The fourth-order valence-corrected chi connectivity index (χ4v) is 2.08. The first-order chi connectivity index (χ1) is 7.79. The topological polar surface area (TPSA) is 45.1 Å². The van der Waals surface area contributed by atoms with Gasteiger partial charge >= 0.3 is 0 Å². The highest BCUT2D eigenvalue weighted by molar-refractivity contribution is 5.15. The summed E-state index contributed by atoms with van der Waals surface area (Å²) in [6, 6.07) is 4.69. The molecule has 16 heavy (non-hydrogen) atoms. The molecule has 1 aliphatic carbocycles. The van der Waals surface area contributed by atoms with Crippen LogP contribution in [-0.2, 0) is 0 Å². The second-order valence-electron chi connectivity index (χ2n) is 4.34. The van der Waals surface area contributed by atoms with Crippen LogP contribution < -0.4 is 5.32 Å². The number of pyridine rings is 1. The molecule has 1 heterocycles. The summed E-state index contributed by atoms with van der Waals surface area (Å²) in [6.07, 6.45) is 8.90. The first-order valence-corrected chi connectivity index (χ1v) is 5.74. The fraction of sp³-hybridized carbons (Fsp3) is 0.462. The molecule has 3 nitrogen and oxygen atoms in total. The normalized spacial score (nSPS) is 25.9. The predicted octanol–water partition coefficient (Wildman–Crippen LogP) is 1.67. The molecule has 0 fully saturated rings. The molecular weight excluding hydrogens is 200 g/mol. The van der Waals surface area contributed by atoms with E-state index in [0.717, 1.165) is 6.42 Å². The molecule has 1 aromatic heterocycles. The van der Waals surface area contributed by atoms with Crippen LogP contribution in [0.2, 0.25) is 0 Å². The van der Waals surface area contributed by atoms with Crippen molar-refractivity contribution >= 4 is 0 Å². The Morgan fingerprint density at radius 1 is 1.56 bits per heavy atom. The maximum Gasteiger partial charge on any atom is 0.0494 e. The minimum atomic E-state index is 0.246. The van der Waals surface area contributed by atoms with Crippen molar-refractivity contribution in [3.8, 4) is 0 Å². The molecular formula is C13H18N2O. The zero-order chi connectivity index (χ0) is 11.4. The van der Waals surface area contributed by atoms with Crippen LogP contribution in [0, 0.1) is 5.92 Å². The number of nitrogens with one attached hydrogen (secondary N) is 1. The van der Waals surface area contributed by atoms with Crippen molar-refractivity contribution < 1.29 is 5.11 Å². The van der Waals surface area contributed by atoms with Crippen molar-refractivity contribution in [3.05, 3.63) is 42.2 Å². The van der Waals surface area contributed by atoms with Gasteiger partial charge in [0.25, 0.3) is 0 Å². The molecule has 2 rings (SSSR count). The third-order valence-corrected chi connectivity index (χ3v) is 3.06. The van der Waals surface area contributed by atoms with Crippen molar-refractivity contribution in [2.75, 3.05) is 6.61 Å². The minimum Gasteiger partial charge on any atom is -0.396 e. The zero-order valence-corrected chi connectivity index (χ0v) is 9.50. The first kappa shape index (κ1) is 11.3. The van der Waals surface area contributed by atoms with Crippen molar-refractivity contribution in [1.29, 1.82) is 0 Å². The van der Waals surface area contributed by atoms with Crippen LogP contribution in [0.25, 0.3) is 0 Å². The van der Waals surface area contributed by atoms with E-state index >= 15 is 0 Å². The van der Waals surface area contributed by atoms with Gasteiger partial charge in [0, 0.05) is 37.0 Å². The Balaban J connectivity index is 1.89. The van der Waals surface area contributed by atoms with Crippen LogP contribution >= 0.6 is 0 Å². The fourth-order valence-electron chi connectivity index (χ4n) is 2.08. The molecule has 1 aromatic rings. The van der Waals surface area contributed by atoms with Gasteiger partial charge < -0.3 is 10.4 Å². The third-order valence-electron chi connectivity index (χ3n) is 3.06. The number of aromatic nitrogens is 1. The van der Waals surface area contributed by atoms with Gasteiger partial charge in [0.1, 0.15) is 0 Å². The Bertz CT molecular complexity index is 350. The van der Waals surface area contributed by atoms with E-state index in [9.17, 15) is 0 Å². The summed E-state index contributed by atoms with van der Waals surface area (Å²) >= 11 is 0. The molecule has 0 aromatic carbocycles. The van der Waals surface area contributed by atoms with Crippen molar-refractivity contribution in [2.45, 2.75) is 25.4 Å². The molecule has 3 atom stereocenters. The van der Waals surface area contributed by atoms with Gasteiger partial charge in [-0.3, -0.25) is 4.98 Å². The smallest absolute Gasteiger partial charge is 0.0494 e. The molecule has 2 N–H and O–H groups in total. The number of aliphatic hydroxyl groups is 1. The zero-order valence-electron chi connectivity index (χ0n) is 9.50. The Morgan fingerprint density at radius 2 is 2.44 bits per heavy atom. The summed E-state index contributed by atoms with van der Waals surface area (Å²) in [7, 11) is 0. The third kappa shape index (κ3) is 2.68. The standard InChI is InChI=1S/C13H18N2O/c1-10(12-3-2-6-14-8-12)15-13-5-4-11(7-13)9-16/h2-6,8,10-11,13,15-16H,7,9H2,1H3/t10?,11-,13+/m0/s1. The summed E-state index contributed by atoms with van der Waals surface area (Å²) in [5.74, 6) is 0.318. The summed E-state index contributed by atoms with van der Waals surface area (Å²) in [5, 5.41) is 12.6. The van der Waals surface area contributed by atoms with Crippen LogP contribution in [-0.4, -0.2) is 22.7 Å². The molecule has 3 heteroatoms. The lowest BCUT2D eigenvalue weighted by Gasteiger charge is -2.19. The Morgan fingerprint density at radius 3 is 3.06 bits per heavy atom. The van der Waals surface area contributed by atoms with E-state index in [1.165, 1.54) is 5.56 Å². The maximum absolute atomic E-state index is 9.05. The van der Waals surface area contributed by atoms with Crippen molar-refractivity contribution in [1.82, 2.24) is 10.3 Å². The Labute approximate surface area is 96.2 Å². The highest BCUT2D eigenvalue weighted by atomic mass is 16.3. The van der Waals surface area contributed by atoms with Gasteiger partial charge in [0.15, 0.2) is 0 Å². The van der Waals surface area contributed by atoms with Crippen molar-refractivity contribution in [2.24, 2.45) is 5.92 Å². The van der Waals surface area contributed by atoms with Crippen molar-refractivity contribution in [3.63, 3.8) is 0 Å².